The van der Waals surface area contributed by atoms with E-state index in [4.69, 9.17) is 12.2 Å². The van der Waals surface area contributed by atoms with E-state index in [9.17, 15) is 4.79 Å². The molecule has 0 aliphatic carbocycles. The van der Waals surface area contributed by atoms with Gasteiger partial charge in [0.2, 0.25) is 0 Å². The number of rotatable bonds is 3. The van der Waals surface area contributed by atoms with E-state index >= 15 is 0 Å². The third-order valence-corrected chi connectivity index (χ3v) is 1.10. The molecule has 1 nitrogen and oxygen atoms in total. The molecule has 56 valence electrons. The third kappa shape index (κ3) is 5.63. The van der Waals surface area contributed by atoms with Gasteiger partial charge >= 0.3 is 0 Å². The molecule has 0 heterocycles. The van der Waals surface area contributed by atoms with Crippen LogP contribution in [-0.2, 0) is 4.79 Å². The van der Waals surface area contributed by atoms with Crippen LogP contribution < -0.4 is 0 Å². The van der Waals surface area contributed by atoms with Crippen LogP contribution in [0, 0.1) is 0 Å². The largest absolute Gasteiger partial charge is 0.300 e. The number of thiocarbonyl (C=S) groups is 1. The van der Waals surface area contributed by atoms with Crippen molar-refractivity contribution < 1.29 is 4.79 Å². The van der Waals surface area contributed by atoms with Crippen molar-refractivity contribution in [2.24, 2.45) is 0 Å². The lowest BCUT2D eigenvalue weighted by molar-refractivity contribution is -0.116. The molecule has 0 spiro atoms. The molecule has 0 atom stereocenters. The standard InChI is InChI=1S/C8H12OS/c1-6(4-7(2)9)5-8(3)10/h5H,4H2,1-3H3/b6-5-. The van der Waals surface area contributed by atoms with Gasteiger partial charge < -0.3 is 0 Å². The summed E-state index contributed by atoms with van der Waals surface area (Å²) in [5, 5.41) is 0. The van der Waals surface area contributed by atoms with Gasteiger partial charge in [-0.2, -0.15) is 0 Å². The minimum Gasteiger partial charge on any atom is -0.300 e. The molecule has 0 aromatic heterocycles. The van der Waals surface area contributed by atoms with Gasteiger partial charge in [-0.15, -0.1) is 0 Å². The summed E-state index contributed by atoms with van der Waals surface area (Å²) in [6.45, 7) is 5.34. The van der Waals surface area contributed by atoms with E-state index in [2.05, 4.69) is 0 Å². The van der Waals surface area contributed by atoms with Crippen molar-refractivity contribution in [3.8, 4) is 0 Å². The van der Waals surface area contributed by atoms with Gasteiger partial charge in [-0.1, -0.05) is 17.8 Å². The van der Waals surface area contributed by atoms with Crippen molar-refractivity contribution in [1.82, 2.24) is 0 Å². The fraction of sp³-hybridized carbons (Fsp3) is 0.500. The minimum atomic E-state index is 0.185. The summed E-state index contributed by atoms with van der Waals surface area (Å²) in [5.41, 5.74) is 1.04. The highest BCUT2D eigenvalue weighted by Crippen LogP contribution is 2.00. The summed E-state index contributed by atoms with van der Waals surface area (Å²) >= 11 is 4.84. The molecule has 0 aromatic rings. The second kappa shape index (κ2) is 4.34. The first-order valence-corrected chi connectivity index (χ1v) is 3.60. The van der Waals surface area contributed by atoms with Crippen molar-refractivity contribution in [3.63, 3.8) is 0 Å². The molecule has 0 N–H and O–H groups in total. The highest BCUT2D eigenvalue weighted by atomic mass is 32.1. The highest BCUT2D eigenvalue weighted by Gasteiger charge is 1.94. The van der Waals surface area contributed by atoms with Crippen LogP contribution in [0.3, 0.4) is 0 Å². The minimum absolute atomic E-state index is 0.185. The maximum Gasteiger partial charge on any atom is 0.133 e. The Hall–Kier alpha value is -0.500. The van der Waals surface area contributed by atoms with Gasteiger partial charge in [-0.05, 0) is 26.8 Å². The molecule has 0 aromatic carbocycles. The van der Waals surface area contributed by atoms with E-state index in [1.54, 1.807) is 6.92 Å². The molecule has 0 amide bonds. The van der Waals surface area contributed by atoms with Crippen LogP contribution in [-0.4, -0.2) is 10.6 Å². The summed E-state index contributed by atoms with van der Waals surface area (Å²) in [4.78, 5) is 11.4. The number of carbonyl (C=O) groups is 1. The number of allylic oxidation sites excluding steroid dienone is 2. The van der Waals surface area contributed by atoms with Gasteiger partial charge in [0, 0.05) is 11.3 Å². The molecule has 0 bridgehead atoms. The molecule has 10 heavy (non-hydrogen) atoms. The predicted molar refractivity (Wildman–Crippen MR) is 47.3 cm³/mol. The smallest absolute Gasteiger partial charge is 0.133 e. The van der Waals surface area contributed by atoms with E-state index < -0.39 is 0 Å². The molecule has 0 radical (unpaired) electrons. The quantitative estimate of drug-likeness (QED) is 0.460. The molecular formula is C8H12OS. The Labute approximate surface area is 67.1 Å². The lowest BCUT2D eigenvalue weighted by atomic mass is 10.1. The van der Waals surface area contributed by atoms with Crippen LogP contribution in [0.4, 0.5) is 0 Å². The zero-order valence-corrected chi connectivity index (χ0v) is 7.42. The SMILES string of the molecule is CC(=O)C/C(C)=C\C(C)=S. The van der Waals surface area contributed by atoms with Gasteiger partial charge in [0.1, 0.15) is 5.78 Å². The zero-order chi connectivity index (χ0) is 8.15. The lowest BCUT2D eigenvalue weighted by Crippen LogP contribution is -1.92. The van der Waals surface area contributed by atoms with Crippen LogP contribution in [0.5, 0.6) is 0 Å². The van der Waals surface area contributed by atoms with Crippen LogP contribution in [0.15, 0.2) is 11.6 Å². The number of hydrogen-bond acceptors (Lipinski definition) is 2. The normalized spacial score (nSPS) is 11.3. The average Bonchev–Trinajstić information content (AvgIpc) is 1.58. The summed E-state index contributed by atoms with van der Waals surface area (Å²) in [6.07, 6.45) is 2.38. The molecule has 2 heteroatoms. The number of hydrogen-bond donors (Lipinski definition) is 0. The van der Waals surface area contributed by atoms with Crippen LogP contribution in [0.1, 0.15) is 27.2 Å². The van der Waals surface area contributed by atoms with E-state index in [1.807, 2.05) is 19.9 Å². The number of ketones is 1. The molecule has 0 fully saturated rings. The van der Waals surface area contributed by atoms with Crippen molar-refractivity contribution >= 4 is 22.9 Å². The number of carbonyl (C=O) groups excluding carboxylic acids is 1. The van der Waals surface area contributed by atoms with Gasteiger partial charge in [0.15, 0.2) is 0 Å². The summed E-state index contributed by atoms with van der Waals surface area (Å²) < 4.78 is 0. The van der Waals surface area contributed by atoms with Crippen molar-refractivity contribution in [1.29, 1.82) is 0 Å². The van der Waals surface area contributed by atoms with E-state index in [1.165, 1.54) is 0 Å². The van der Waals surface area contributed by atoms with Crippen molar-refractivity contribution in [2.45, 2.75) is 27.2 Å². The molecule has 0 saturated carbocycles. The first kappa shape index (κ1) is 9.50. The Balaban J connectivity index is 3.95. The predicted octanol–water partition coefficient (Wildman–Crippen LogP) is 2.30. The average molecular weight is 156 g/mol. The summed E-state index contributed by atoms with van der Waals surface area (Å²) in [5.74, 6) is 0.185. The third-order valence-electron chi connectivity index (χ3n) is 0.977. The summed E-state index contributed by atoms with van der Waals surface area (Å²) in [6, 6.07) is 0. The molecule has 0 aliphatic rings. The van der Waals surface area contributed by atoms with Gasteiger partial charge in [0.25, 0.3) is 0 Å². The van der Waals surface area contributed by atoms with Crippen molar-refractivity contribution in [3.05, 3.63) is 11.6 Å². The Kier molecular flexibility index (Phi) is 4.12. The maximum absolute atomic E-state index is 10.6. The Bertz CT molecular complexity index is 180. The zero-order valence-electron chi connectivity index (χ0n) is 6.60. The Morgan fingerprint density at radius 3 is 2.20 bits per heavy atom. The first-order valence-electron chi connectivity index (χ1n) is 3.19. The van der Waals surface area contributed by atoms with Crippen LogP contribution in [0.2, 0.25) is 0 Å². The fourth-order valence-electron chi connectivity index (χ4n) is 0.791. The van der Waals surface area contributed by atoms with Gasteiger partial charge in [0.05, 0.1) is 0 Å². The fourth-order valence-corrected chi connectivity index (χ4v) is 0.992. The van der Waals surface area contributed by atoms with Gasteiger partial charge in [-0.3, -0.25) is 4.79 Å². The Morgan fingerprint density at radius 2 is 1.90 bits per heavy atom. The van der Waals surface area contributed by atoms with E-state index in [0.717, 1.165) is 10.4 Å². The first-order chi connectivity index (χ1) is 4.52. The Morgan fingerprint density at radius 1 is 1.40 bits per heavy atom. The topological polar surface area (TPSA) is 17.1 Å². The molecule has 0 rings (SSSR count). The van der Waals surface area contributed by atoms with Crippen molar-refractivity contribution in [2.75, 3.05) is 0 Å². The molecule has 0 unspecified atom stereocenters. The van der Waals surface area contributed by atoms with Crippen LogP contribution in [0.25, 0.3) is 0 Å². The summed E-state index contributed by atoms with van der Waals surface area (Å²) in [7, 11) is 0. The van der Waals surface area contributed by atoms with Gasteiger partial charge in [-0.25, -0.2) is 0 Å². The lowest BCUT2D eigenvalue weighted by Gasteiger charge is -1.94. The molecule has 0 aliphatic heterocycles. The second-order valence-electron chi connectivity index (χ2n) is 2.48. The molecular weight excluding hydrogens is 144 g/mol. The van der Waals surface area contributed by atoms with Crippen LogP contribution >= 0.6 is 12.2 Å². The highest BCUT2D eigenvalue weighted by molar-refractivity contribution is 7.80. The second-order valence-corrected chi connectivity index (χ2v) is 3.12. The monoisotopic (exact) mass is 156 g/mol. The number of Topliss-reactive ketones (excluding diaryl/α,β-unsaturated/α-hetero) is 1. The van der Waals surface area contributed by atoms with E-state index in [0.29, 0.717) is 6.42 Å². The maximum atomic E-state index is 10.6. The molecule has 0 saturated heterocycles. The van der Waals surface area contributed by atoms with E-state index in [-0.39, 0.29) is 5.78 Å².